The number of aryl methyl sites for hydroxylation is 1. The molecule has 0 bridgehead atoms. The maximum atomic E-state index is 13.7. The number of hydrogen-bond donors (Lipinski definition) is 1. The summed E-state index contributed by atoms with van der Waals surface area (Å²) in [5, 5.41) is 3.43. The lowest BCUT2D eigenvalue weighted by Gasteiger charge is -2.25. The smallest absolute Gasteiger partial charge is 0.126 e. The van der Waals surface area contributed by atoms with Gasteiger partial charge in [0.05, 0.1) is 0 Å². The molecule has 0 radical (unpaired) electrons. The summed E-state index contributed by atoms with van der Waals surface area (Å²) in [5.74, 6) is 0.567. The highest BCUT2D eigenvalue weighted by Crippen LogP contribution is 2.30. The molecule has 1 aromatic carbocycles. The molecule has 1 aromatic rings. The predicted octanol–water partition coefficient (Wildman–Crippen LogP) is 4.71. The van der Waals surface area contributed by atoms with Crippen molar-refractivity contribution < 1.29 is 4.39 Å². The van der Waals surface area contributed by atoms with Crippen molar-refractivity contribution in [1.82, 2.24) is 5.32 Å². The van der Waals surface area contributed by atoms with Gasteiger partial charge in [0.25, 0.3) is 0 Å². The van der Waals surface area contributed by atoms with Gasteiger partial charge >= 0.3 is 0 Å². The van der Waals surface area contributed by atoms with Crippen LogP contribution in [0.4, 0.5) is 4.39 Å². The second-order valence-electron chi connectivity index (χ2n) is 5.84. The van der Waals surface area contributed by atoms with Gasteiger partial charge < -0.3 is 5.32 Å². The quantitative estimate of drug-likeness (QED) is 0.820. The fourth-order valence-electron chi connectivity index (χ4n) is 2.97. The highest BCUT2D eigenvalue weighted by atomic mass is 19.1. The molecule has 110 valence electrons. The molecule has 0 spiro atoms. The van der Waals surface area contributed by atoms with Crippen LogP contribution in [-0.2, 0) is 0 Å². The topological polar surface area (TPSA) is 12.0 Å². The molecular weight excluding hydrogens is 249 g/mol. The fourth-order valence-corrected chi connectivity index (χ4v) is 2.97. The van der Waals surface area contributed by atoms with Crippen molar-refractivity contribution in [2.75, 3.05) is 13.1 Å². The molecule has 0 atom stereocenters. The van der Waals surface area contributed by atoms with E-state index in [2.05, 4.69) is 18.3 Å². The van der Waals surface area contributed by atoms with E-state index in [0.29, 0.717) is 11.5 Å². The van der Waals surface area contributed by atoms with Crippen LogP contribution in [0.1, 0.15) is 50.2 Å². The minimum absolute atomic E-state index is 0.106. The van der Waals surface area contributed by atoms with Gasteiger partial charge in [-0.3, -0.25) is 0 Å². The Morgan fingerprint density at radius 1 is 1.30 bits per heavy atom. The van der Waals surface area contributed by atoms with Crippen molar-refractivity contribution in [3.63, 3.8) is 0 Å². The zero-order valence-corrected chi connectivity index (χ0v) is 12.7. The van der Waals surface area contributed by atoms with E-state index in [4.69, 9.17) is 0 Å². The van der Waals surface area contributed by atoms with Crippen molar-refractivity contribution in [2.24, 2.45) is 5.92 Å². The maximum absolute atomic E-state index is 13.7. The number of nitrogens with one attached hydrogen (secondary N) is 1. The Kier molecular flexibility index (Phi) is 5.78. The number of benzene rings is 1. The molecule has 1 aliphatic carbocycles. The Morgan fingerprint density at radius 3 is 2.70 bits per heavy atom. The van der Waals surface area contributed by atoms with Gasteiger partial charge in [-0.2, -0.15) is 0 Å². The molecule has 0 saturated heterocycles. The number of halogens is 1. The van der Waals surface area contributed by atoms with Crippen molar-refractivity contribution in [3.05, 3.63) is 40.7 Å². The van der Waals surface area contributed by atoms with Crippen LogP contribution in [0.2, 0.25) is 0 Å². The van der Waals surface area contributed by atoms with E-state index in [0.717, 1.165) is 18.7 Å². The van der Waals surface area contributed by atoms with Crippen LogP contribution in [0.3, 0.4) is 0 Å². The summed E-state index contributed by atoms with van der Waals surface area (Å²) < 4.78 is 13.7. The third-order valence-electron chi connectivity index (χ3n) is 4.26. The second kappa shape index (κ2) is 7.58. The Hall–Kier alpha value is -1.15. The molecule has 0 aromatic heterocycles. The lowest BCUT2D eigenvalue weighted by molar-refractivity contribution is 0.397. The summed E-state index contributed by atoms with van der Waals surface area (Å²) in [7, 11) is 0. The van der Waals surface area contributed by atoms with Gasteiger partial charge in [0, 0.05) is 6.54 Å². The maximum Gasteiger partial charge on any atom is 0.126 e. The first-order valence-corrected chi connectivity index (χ1v) is 7.88. The molecule has 0 unspecified atom stereocenters. The SMILES string of the molecule is CCNC/C(=C/c1ccc(C)c(F)c1)C1CCCCC1. The first kappa shape index (κ1) is 15.2. The van der Waals surface area contributed by atoms with Crippen LogP contribution in [-0.4, -0.2) is 13.1 Å². The molecule has 0 aliphatic heterocycles. The molecule has 0 heterocycles. The van der Waals surface area contributed by atoms with E-state index in [9.17, 15) is 4.39 Å². The van der Waals surface area contributed by atoms with E-state index in [1.165, 1.54) is 37.7 Å². The Balaban J connectivity index is 2.19. The monoisotopic (exact) mass is 275 g/mol. The van der Waals surface area contributed by atoms with E-state index in [1.807, 2.05) is 19.1 Å². The highest BCUT2D eigenvalue weighted by molar-refractivity contribution is 5.54. The minimum Gasteiger partial charge on any atom is -0.313 e. The molecular formula is C18H26FN. The zero-order chi connectivity index (χ0) is 14.4. The largest absolute Gasteiger partial charge is 0.313 e. The summed E-state index contributed by atoms with van der Waals surface area (Å²) in [6, 6.07) is 5.55. The van der Waals surface area contributed by atoms with E-state index in [-0.39, 0.29) is 5.82 Å². The summed E-state index contributed by atoms with van der Waals surface area (Å²) in [6.07, 6.45) is 8.79. The summed E-state index contributed by atoms with van der Waals surface area (Å²) in [4.78, 5) is 0. The third kappa shape index (κ3) is 4.17. The Morgan fingerprint density at radius 2 is 2.05 bits per heavy atom. The Labute approximate surface area is 122 Å². The van der Waals surface area contributed by atoms with E-state index < -0.39 is 0 Å². The van der Waals surface area contributed by atoms with Crippen LogP contribution in [0.25, 0.3) is 6.08 Å². The fraction of sp³-hybridized carbons (Fsp3) is 0.556. The van der Waals surface area contributed by atoms with Gasteiger partial charge in [0.1, 0.15) is 5.82 Å². The standard InChI is InChI=1S/C18H26FN/c1-3-20-13-17(16-7-5-4-6-8-16)11-15-10-9-14(2)18(19)12-15/h9-12,16,20H,3-8,13H2,1-2H3/b17-11-. The van der Waals surface area contributed by atoms with E-state index in [1.54, 1.807) is 6.07 Å². The zero-order valence-electron chi connectivity index (χ0n) is 12.7. The molecule has 1 saturated carbocycles. The first-order chi connectivity index (χ1) is 9.70. The second-order valence-corrected chi connectivity index (χ2v) is 5.84. The molecule has 20 heavy (non-hydrogen) atoms. The van der Waals surface area contributed by atoms with Gasteiger partial charge in [-0.15, -0.1) is 0 Å². The predicted molar refractivity (Wildman–Crippen MR) is 84.2 cm³/mol. The summed E-state index contributed by atoms with van der Waals surface area (Å²) in [5.41, 5.74) is 3.15. The van der Waals surface area contributed by atoms with Crippen molar-refractivity contribution >= 4 is 6.08 Å². The van der Waals surface area contributed by atoms with Gasteiger partial charge in [-0.05, 0) is 49.4 Å². The number of likely N-dealkylation sites (N-methyl/N-ethyl adjacent to an activating group) is 1. The van der Waals surface area contributed by atoms with Gasteiger partial charge in [-0.1, -0.05) is 50.0 Å². The average Bonchev–Trinajstić information content (AvgIpc) is 2.48. The lowest BCUT2D eigenvalue weighted by atomic mass is 9.83. The van der Waals surface area contributed by atoms with E-state index >= 15 is 0 Å². The van der Waals surface area contributed by atoms with Crippen molar-refractivity contribution in [1.29, 1.82) is 0 Å². The Bertz CT molecular complexity index is 458. The normalized spacial score (nSPS) is 17.4. The first-order valence-electron chi connectivity index (χ1n) is 7.88. The van der Waals surface area contributed by atoms with Gasteiger partial charge in [-0.25, -0.2) is 4.39 Å². The van der Waals surface area contributed by atoms with Crippen LogP contribution in [0.15, 0.2) is 23.8 Å². The molecule has 1 N–H and O–H groups in total. The average molecular weight is 275 g/mol. The summed E-state index contributed by atoms with van der Waals surface area (Å²) >= 11 is 0. The highest BCUT2D eigenvalue weighted by Gasteiger charge is 2.17. The van der Waals surface area contributed by atoms with Crippen LogP contribution in [0, 0.1) is 18.7 Å². The third-order valence-corrected chi connectivity index (χ3v) is 4.26. The minimum atomic E-state index is -0.106. The van der Waals surface area contributed by atoms with Crippen molar-refractivity contribution in [2.45, 2.75) is 46.0 Å². The molecule has 0 amide bonds. The number of rotatable bonds is 5. The van der Waals surface area contributed by atoms with Gasteiger partial charge in [0.15, 0.2) is 0 Å². The molecule has 1 fully saturated rings. The molecule has 1 aliphatic rings. The lowest BCUT2D eigenvalue weighted by Crippen LogP contribution is -2.22. The van der Waals surface area contributed by atoms with Crippen LogP contribution >= 0.6 is 0 Å². The number of hydrogen-bond acceptors (Lipinski definition) is 1. The van der Waals surface area contributed by atoms with Crippen LogP contribution in [0.5, 0.6) is 0 Å². The molecule has 2 rings (SSSR count). The van der Waals surface area contributed by atoms with Gasteiger partial charge in [0.2, 0.25) is 0 Å². The summed E-state index contributed by atoms with van der Waals surface area (Å²) in [6.45, 7) is 5.84. The molecule has 2 heteroatoms. The van der Waals surface area contributed by atoms with Crippen LogP contribution < -0.4 is 5.32 Å². The molecule has 1 nitrogen and oxygen atoms in total. The van der Waals surface area contributed by atoms with Crippen molar-refractivity contribution in [3.8, 4) is 0 Å².